The minimum absolute atomic E-state index is 0.258. The maximum Gasteiger partial charge on any atom is 0.128 e. The average Bonchev–Trinajstić information content (AvgIpc) is 2.85. The second kappa shape index (κ2) is 5.06. The van der Waals surface area contributed by atoms with E-state index in [1.165, 1.54) is 12.0 Å². The Morgan fingerprint density at radius 1 is 1.53 bits per heavy atom. The van der Waals surface area contributed by atoms with Crippen molar-refractivity contribution >= 4 is 5.82 Å². The Kier molecular flexibility index (Phi) is 3.69. The summed E-state index contributed by atoms with van der Waals surface area (Å²) in [6.07, 6.45) is 2.28. The Labute approximate surface area is 102 Å². The number of rotatable bonds is 4. The fourth-order valence-corrected chi connectivity index (χ4v) is 2.72. The Morgan fingerprint density at radius 3 is 2.94 bits per heavy atom. The summed E-state index contributed by atoms with van der Waals surface area (Å²) in [5, 5.41) is 17.0. The number of likely N-dealkylation sites (tertiary alicyclic amines) is 1. The molecule has 2 heterocycles. The number of nitrogens with zero attached hydrogens (tertiary/aromatic N) is 3. The zero-order chi connectivity index (χ0) is 12.4. The van der Waals surface area contributed by atoms with Crippen LogP contribution in [0.2, 0.25) is 0 Å². The molecule has 1 atom stereocenters. The molecule has 0 bridgehead atoms. The van der Waals surface area contributed by atoms with Gasteiger partial charge >= 0.3 is 0 Å². The Bertz CT molecular complexity index is 388. The zero-order valence-corrected chi connectivity index (χ0v) is 10.9. The van der Waals surface area contributed by atoms with Crippen LogP contribution < -0.4 is 5.32 Å². The van der Waals surface area contributed by atoms with Crippen LogP contribution in [0.3, 0.4) is 0 Å². The summed E-state index contributed by atoms with van der Waals surface area (Å²) in [7, 11) is 3.88. The lowest BCUT2D eigenvalue weighted by molar-refractivity contribution is 0.153. The molecular formula is C12H22N4O. The summed E-state index contributed by atoms with van der Waals surface area (Å²) >= 11 is 0. The first kappa shape index (κ1) is 12.4. The van der Waals surface area contributed by atoms with E-state index in [1.54, 1.807) is 0 Å². The van der Waals surface area contributed by atoms with E-state index < -0.39 is 0 Å². The molecule has 1 aliphatic rings. The summed E-state index contributed by atoms with van der Waals surface area (Å²) in [6, 6.07) is 0.319. The first-order chi connectivity index (χ1) is 8.17. The van der Waals surface area contributed by atoms with Crippen LogP contribution in [0.1, 0.15) is 24.1 Å². The van der Waals surface area contributed by atoms with Crippen molar-refractivity contribution in [2.45, 2.75) is 32.4 Å². The van der Waals surface area contributed by atoms with E-state index in [1.807, 2.05) is 25.7 Å². The predicted octanol–water partition coefficient (Wildman–Crippen LogP) is 0.727. The maximum absolute atomic E-state index is 9.34. The summed E-state index contributed by atoms with van der Waals surface area (Å²) < 4.78 is 1.88. The van der Waals surface area contributed by atoms with Crippen molar-refractivity contribution in [2.75, 3.05) is 25.5 Å². The molecule has 5 heteroatoms. The minimum atomic E-state index is 0.258. The van der Waals surface area contributed by atoms with Gasteiger partial charge in [-0.25, -0.2) is 0 Å². The summed E-state index contributed by atoms with van der Waals surface area (Å²) in [5.41, 5.74) is 2.32. The molecule has 0 radical (unpaired) electrons. The Balaban J connectivity index is 2.17. The highest BCUT2D eigenvalue weighted by atomic mass is 16.3. The highest BCUT2D eigenvalue weighted by Crippen LogP contribution is 2.25. The molecule has 1 aliphatic heterocycles. The molecule has 0 saturated carbocycles. The minimum Gasteiger partial charge on any atom is -0.395 e. The number of anilines is 1. The predicted molar refractivity (Wildman–Crippen MR) is 68.0 cm³/mol. The van der Waals surface area contributed by atoms with Crippen LogP contribution >= 0.6 is 0 Å². The number of nitrogens with one attached hydrogen (secondary N) is 1. The second-order valence-corrected chi connectivity index (χ2v) is 4.74. The Morgan fingerprint density at radius 2 is 2.29 bits per heavy atom. The van der Waals surface area contributed by atoms with Crippen molar-refractivity contribution in [3.8, 4) is 0 Å². The van der Waals surface area contributed by atoms with E-state index in [9.17, 15) is 5.11 Å². The molecule has 1 fully saturated rings. The molecular weight excluding hydrogens is 216 g/mol. The molecule has 2 N–H and O–H groups in total. The van der Waals surface area contributed by atoms with Crippen LogP contribution in [0.25, 0.3) is 0 Å². The van der Waals surface area contributed by atoms with E-state index in [0.717, 1.165) is 31.0 Å². The lowest BCUT2D eigenvalue weighted by Gasteiger charge is -2.22. The largest absolute Gasteiger partial charge is 0.395 e. The quantitative estimate of drug-likeness (QED) is 0.812. The molecule has 1 unspecified atom stereocenters. The highest BCUT2D eigenvalue weighted by molar-refractivity contribution is 5.46. The van der Waals surface area contributed by atoms with Gasteiger partial charge in [-0.2, -0.15) is 5.10 Å². The maximum atomic E-state index is 9.34. The second-order valence-electron chi connectivity index (χ2n) is 4.74. The fourth-order valence-electron chi connectivity index (χ4n) is 2.72. The van der Waals surface area contributed by atoms with Gasteiger partial charge in [-0.05, 0) is 26.3 Å². The van der Waals surface area contributed by atoms with E-state index in [-0.39, 0.29) is 6.61 Å². The topological polar surface area (TPSA) is 53.3 Å². The standard InChI is InChI=1S/C12H22N4O/c1-9-11(12(13-2)15(3)14-9)7-16-6-4-5-10(16)8-17/h10,13,17H,4-8H2,1-3H3. The molecule has 1 aromatic rings. The lowest BCUT2D eigenvalue weighted by atomic mass is 10.2. The number of hydrogen-bond acceptors (Lipinski definition) is 4. The fraction of sp³-hybridized carbons (Fsp3) is 0.750. The third-order valence-corrected chi connectivity index (χ3v) is 3.65. The summed E-state index contributed by atoms with van der Waals surface area (Å²) in [5.74, 6) is 1.08. The number of aliphatic hydroxyl groups excluding tert-OH is 1. The van der Waals surface area contributed by atoms with Gasteiger partial charge in [0.05, 0.1) is 12.3 Å². The molecule has 96 valence electrons. The summed E-state index contributed by atoms with van der Waals surface area (Å²) in [4.78, 5) is 2.35. The van der Waals surface area contributed by atoms with Gasteiger partial charge in [0.25, 0.3) is 0 Å². The molecule has 5 nitrogen and oxygen atoms in total. The van der Waals surface area contributed by atoms with Crippen LogP contribution in [0.5, 0.6) is 0 Å². The van der Waals surface area contributed by atoms with Crippen LogP contribution in [0.15, 0.2) is 0 Å². The molecule has 1 aromatic heterocycles. The average molecular weight is 238 g/mol. The molecule has 17 heavy (non-hydrogen) atoms. The molecule has 0 spiro atoms. The third kappa shape index (κ3) is 2.30. The van der Waals surface area contributed by atoms with Crippen LogP contribution in [-0.4, -0.2) is 46.0 Å². The van der Waals surface area contributed by atoms with Gasteiger partial charge in [0.15, 0.2) is 0 Å². The van der Waals surface area contributed by atoms with Gasteiger partial charge in [0.2, 0.25) is 0 Å². The van der Waals surface area contributed by atoms with E-state index in [2.05, 4.69) is 15.3 Å². The van der Waals surface area contributed by atoms with Gasteiger partial charge < -0.3 is 10.4 Å². The molecule has 2 rings (SSSR count). The molecule has 1 saturated heterocycles. The molecule has 0 aromatic carbocycles. The number of aliphatic hydroxyl groups is 1. The van der Waals surface area contributed by atoms with Crippen molar-refractivity contribution in [1.82, 2.24) is 14.7 Å². The van der Waals surface area contributed by atoms with Crippen molar-refractivity contribution < 1.29 is 5.11 Å². The van der Waals surface area contributed by atoms with Gasteiger partial charge in [0, 0.05) is 32.2 Å². The van der Waals surface area contributed by atoms with E-state index in [4.69, 9.17) is 0 Å². The number of hydrogen-bond donors (Lipinski definition) is 2. The highest BCUT2D eigenvalue weighted by Gasteiger charge is 2.26. The SMILES string of the molecule is CNc1c(CN2CCCC2CO)c(C)nn1C. The zero-order valence-electron chi connectivity index (χ0n) is 10.9. The van der Waals surface area contributed by atoms with Crippen LogP contribution in [-0.2, 0) is 13.6 Å². The summed E-state index contributed by atoms with van der Waals surface area (Å²) in [6.45, 7) is 4.25. The van der Waals surface area contributed by atoms with Crippen LogP contribution in [0.4, 0.5) is 5.82 Å². The van der Waals surface area contributed by atoms with E-state index >= 15 is 0 Å². The van der Waals surface area contributed by atoms with Crippen molar-refractivity contribution in [3.63, 3.8) is 0 Å². The van der Waals surface area contributed by atoms with Gasteiger partial charge in [-0.1, -0.05) is 0 Å². The van der Waals surface area contributed by atoms with Crippen LogP contribution in [0, 0.1) is 6.92 Å². The van der Waals surface area contributed by atoms with Crippen molar-refractivity contribution in [1.29, 1.82) is 0 Å². The van der Waals surface area contributed by atoms with Gasteiger partial charge in [-0.3, -0.25) is 9.58 Å². The van der Waals surface area contributed by atoms with Crippen molar-refractivity contribution in [2.24, 2.45) is 7.05 Å². The first-order valence-corrected chi connectivity index (χ1v) is 6.22. The normalized spacial score (nSPS) is 21.1. The smallest absolute Gasteiger partial charge is 0.128 e. The monoisotopic (exact) mass is 238 g/mol. The molecule has 0 amide bonds. The number of aromatic nitrogens is 2. The van der Waals surface area contributed by atoms with Crippen molar-refractivity contribution in [3.05, 3.63) is 11.3 Å². The van der Waals surface area contributed by atoms with Gasteiger partial charge in [0.1, 0.15) is 5.82 Å². The lowest BCUT2D eigenvalue weighted by Crippen LogP contribution is -2.31. The van der Waals surface area contributed by atoms with Gasteiger partial charge in [-0.15, -0.1) is 0 Å². The Hall–Kier alpha value is -1.07. The first-order valence-electron chi connectivity index (χ1n) is 6.22. The molecule has 0 aliphatic carbocycles. The van der Waals surface area contributed by atoms with E-state index in [0.29, 0.717) is 6.04 Å². The number of aryl methyl sites for hydroxylation is 2. The third-order valence-electron chi connectivity index (χ3n) is 3.65.